The molecule has 0 fully saturated rings. The molecule has 1 heterocycles. The molecule has 4 aromatic rings. The Morgan fingerprint density at radius 1 is 1.03 bits per heavy atom. The monoisotopic (exact) mass is 515 g/mol. The summed E-state index contributed by atoms with van der Waals surface area (Å²) in [6, 6.07) is 19.2. The Balaban J connectivity index is 1.52. The van der Waals surface area contributed by atoms with E-state index in [0.29, 0.717) is 16.4 Å². The van der Waals surface area contributed by atoms with Gasteiger partial charge in [-0.15, -0.1) is 0 Å². The van der Waals surface area contributed by atoms with Gasteiger partial charge in [0.15, 0.2) is 5.13 Å². The van der Waals surface area contributed by atoms with E-state index in [9.17, 15) is 13.2 Å². The molecule has 6 nitrogen and oxygen atoms in total. The van der Waals surface area contributed by atoms with Crippen LogP contribution in [-0.4, -0.2) is 19.3 Å². The van der Waals surface area contributed by atoms with E-state index in [1.807, 2.05) is 25.1 Å². The molecule has 0 spiro atoms. The molecule has 1 aromatic heterocycles. The Kier molecular flexibility index (Phi) is 6.08. The number of hydrogen-bond donors (Lipinski definition) is 2. The number of benzene rings is 3. The Morgan fingerprint density at radius 2 is 1.77 bits per heavy atom. The molecule has 9 heteroatoms. The van der Waals surface area contributed by atoms with Gasteiger partial charge in [-0.25, -0.2) is 13.4 Å². The van der Waals surface area contributed by atoms with E-state index in [0.717, 1.165) is 20.3 Å². The molecule has 0 aliphatic rings. The van der Waals surface area contributed by atoms with Crippen LogP contribution in [0.3, 0.4) is 0 Å². The molecule has 0 aliphatic heterocycles. The zero-order valence-electron chi connectivity index (χ0n) is 16.4. The van der Waals surface area contributed by atoms with Gasteiger partial charge in [-0.2, -0.15) is 0 Å². The Bertz CT molecular complexity index is 1370. The van der Waals surface area contributed by atoms with Crippen LogP contribution >= 0.6 is 27.3 Å². The molecular formula is C22H18BrN3O3S2. The van der Waals surface area contributed by atoms with Gasteiger partial charge in [0.1, 0.15) is 0 Å². The largest absolute Gasteiger partial charge is 0.302 e. The van der Waals surface area contributed by atoms with E-state index in [-0.39, 0.29) is 17.2 Å². The van der Waals surface area contributed by atoms with E-state index in [1.54, 1.807) is 48.5 Å². The number of nitrogens with zero attached hydrogens (tertiary/aromatic N) is 1. The summed E-state index contributed by atoms with van der Waals surface area (Å²) in [6.07, 6.45) is 0.00366. The number of rotatable bonds is 6. The number of carbonyl (C=O) groups is 1. The predicted molar refractivity (Wildman–Crippen MR) is 128 cm³/mol. The van der Waals surface area contributed by atoms with Gasteiger partial charge in [0.05, 0.1) is 27.2 Å². The Hall–Kier alpha value is -2.75. The number of fused-ring (bicyclic) bond motifs is 1. The fraction of sp³-hybridized carbons (Fsp3) is 0.0909. The van der Waals surface area contributed by atoms with Crippen molar-refractivity contribution in [1.82, 2.24) is 4.98 Å². The van der Waals surface area contributed by atoms with Crippen LogP contribution in [0, 0.1) is 6.92 Å². The molecule has 0 radical (unpaired) electrons. The summed E-state index contributed by atoms with van der Waals surface area (Å²) in [5.41, 5.74) is 2.69. The number of thiazole rings is 1. The molecule has 0 saturated heterocycles. The van der Waals surface area contributed by atoms with Crippen LogP contribution in [0.4, 0.5) is 10.8 Å². The minimum absolute atomic E-state index is 0.00366. The lowest BCUT2D eigenvalue weighted by Crippen LogP contribution is -2.18. The molecule has 158 valence electrons. The lowest BCUT2D eigenvalue weighted by Gasteiger charge is -2.12. The van der Waals surface area contributed by atoms with Crippen molar-refractivity contribution in [3.8, 4) is 0 Å². The lowest BCUT2D eigenvalue weighted by atomic mass is 10.1. The summed E-state index contributed by atoms with van der Waals surface area (Å²) in [5, 5.41) is 3.30. The van der Waals surface area contributed by atoms with Crippen LogP contribution in [0.25, 0.3) is 10.2 Å². The first-order valence-electron chi connectivity index (χ1n) is 9.34. The van der Waals surface area contributed by atoms with Crippen LogP contribution in [0.1, 0.15) is 11.1 Å². The van der Waals surface area contributed by atoms with Gasteiger partial charge in [0, 0.05) is 4.47 Å². The number of anilines is 2. The maximum Gasteiger partial charge on any atom is 0.261 e. The van der Waals surface area contributed by atoms with Crippen molar-refractivity contribution in [3.63, 3.8) is 0 Å². The maximum atomic E-state index is 12.7. The number of amides is 1. The Morgan fingerprint density at radius 3 is 2.52 bits per heavy atom. The number of sulfonamides is 1. The fourth-order valence-corrected chi connectivity index (χ4v) is 5.60. The normalized spacial score (nSPS) is 11.4. The first-order valence-corrected chi connectivity index (χ1v) is 12.4. The number of halogens is 1. The second kappa shape index (κ2) is 8.78. The topological polar surface area (TPSA) is 88.2 Å². The second-order valence-electron chi connectivity index (χ2n) is 6.91. The molecule has 0 saturated carbocycles. The van der Waals surface area contributed by atoms with E-state index < -0.39 is 10.0 Å². The summed E-state index contributed by atoms with van der Waals surface area (Å²) in [4.78, 5) is 17.3. The number of aryl methyl sites for hydroxylation is 1. The number of para-hydroxylation sites is 2. The van der Waals surface area contributed by atoms with Gasteiger partial charge >= 0.3 is 0 Å². The molecule has 0 unspecified atom stereocenters. The van der Waals surface area contributed by atoms with Gasteiger partial charge in [0.25, 0.3) is 10.0 Å². The zero-order chi connectivity index (χ0) is 22.0. The maximum absolute atomic E-state index is 12.7. The molecule has 0 aliphatic carbocycles. The van der Waals surface area contributed by atoms with Crippen molar-refractivity contribution in [2.24, 2.45) is 0 Å². The first kappa shape index (κ1) is 21.5. The summed E-state index contributed by atoms with van der Waals surface area (Å²) >= 11 is 4.84. The third kappa shape index (κ3) is 4.95. The SMILES string of the molecule is Cc1ccc(S(=O)(=O)Nc2ccccc2CC(=O)Nc2nc3c(Br)cccc3s2)cc1. The zero-order valence-corrected chi connectivity index (χ0v) is 19.6. The van der Waals surface area contributed by atoms with Crippen LogP contribution in [0.2, 0.25) is 0 Å². The van der Waals surface area contributed by atoms with E-state index >= 15 is 0 Å². The molecular weight excluding hydrogens is 498 g/mol. The van der Waals surface area contributed by atoms with E-state index in [1.165, 1.54) is 11.3 Å². The van der Waals surface area contributed by atoms with Gasteiger partial charge in [-0.05, 0) is 58.7 Å². The molecule has 0 atom stereocenters. The summed E-state index contributed by atoms with van der Waals surface area (Å²) in [7, 11) is -3.77. The highest BCUT2D eigenvalue weighted by molar-refractivity contribution is 9.10. The van der Waals surface area contributed by atoms with Crippen molar-refractivity contribution in [2.45, 2.75) is 18.2 Å². The highest BCUT2D eigenvalue weighted by Gasteiger charge is 2.17. The molecule has 4 rings (SSSR count). The van der Waals surface area contributed by atoms with Gasteiger partial charge in [-0.1, -0.05) is 53.3 Å². The smallest absolute Gasteiger partial charge is 0.261 e. The van der Waals surface area contributed by atoms with Crippen molar-refractivity contribution >= 4 is 64.2 Å². The number of nitrogens with one attached hydrogen (secondary N) is 2. The lowest BCUT2D eigenvalue weighted by molar-refractivity contribution is -0.115. The summed E-state index contributed by atoms with van der Waals surface area (Å²) in [6.45, 7) is 1.89. The first-order chi connectivity index (χ1) is 14.8. The Labute approximate surface area is 192 Å². The summed E-state index contributed by atoms with van der Waals surface area (Å²) < 4.78 is 29.9. The molecule has 3 aromatic carbocycles. The van der Waals surface area contributed by atoms with Crippen LogP contribution < -0.4 is 10.0 Å². The fourth-order valence-electron chi connectivity index (χ4n) is 3.00. The minimum atomic E-state index is -3.77. The van der Waals surface area contributed by atoms with Crippen LogP contribution in [-0.2, 0) is 21.2 Å². The molecule has 2 N–H and O–H groups in total. The average Bonchev–Trinajstić information content (AvgIpc) is 3.13. The van der Waals surface area contributed by atoms with Crippen molar-refractivity contribution in [3.05, 3.63) is 82.3 Å². The predicted octanol–water partition coefficient (Wildman–Crippen LogP) is 5.35. The van der Waals surface area contributed by atoms with Crippen molar-refractivity contribution in [1.29, 1.82) is 0 Å². The number of carbonyl (C=O) groups excluding carboxylic acids is 1. The third-order valence-corrected chi connectivity index (χ3v) is 7.52. The van der Waals surface area contributed by atoms with Gasteiger partial charge < -0.3 is 5.32 Å². The molecule has 31 heavy (non-hydrogen) atoms. The standard InChI is InChI=1S/C22H18BrN3O3S2/c1-14-9-11-16(12-10-14)31(28,29)26-18-7-3-2-5-15(18)13-20(27)24-22-25-21-17(23)6-4-8-19(21)30-22/h2-12,26H,13H2,1H3,(H,24,25,27). The molecule has 1 amide bonds. The molecule has 0 bridgehead atoms. The van der Waals surface area contributed by atoms with E-state index in [2.05, 4.69) is 31.0 Å². The average molecular weight is 516 g/mol. The second-order valence-corrected chi connectivity index (χ2v) is 10.5. The number of hydrogen-bond acceptors (Lipinski definition) is 5. The van der Waals surface area contributed by atoms with Crippen LogP contribution in [0.5, 0.6) is 0 Å². The van der Waals surface area contributed by atoms with Gasteiger partial charge in [-0.3, -0.25) is 9.52 Å². The minimum Gasteiger partial charge on any atom is -0.302 e. The third-order valence-electron chi connectivity index (χ3n) is 4.56. The van der Waals surface area contributed by atoms with Crippen molar-refractivity contribution < 1.29 is 13.2 Å². The highest BCUT2D eigenvalue weighted by atomic mass is 79.9. The highest BCUT2D eigenvalue weighted by Crippen LogP contribution is 2.31. The van der Waals surface area contributed by atoms with Gasteiger partial charge in [0.2, 0.25) is 5.91 Å². The number of aromatic nitrogens is 1. The quantitative estimate of drug-likeness (QED) is 0.362. The van der Waals surface area contributed by atoms with E-state index in [4.69, 9.17) is 0 Å². The van der Waals surface area contributed by atoms with Crippen LogP contribution in [0.15, 0.2) is 76.1 Å². The summed E-state index contributed by atoms with van der Waals surface area (Å²) in [5.74, 6) is -0.280. The van der Waals surface area contributed by atoms with Crippen molar-refractivity contribution in [2.75, 3.05) is 10.0 Å².